The van der Waals surface area contributed by atoms with Gasteiger partial charge in [-0.25, -0.2) is 4.98 Å². The number of aryl methyl sites for hydroxylation is 2. The standard InChI is InChI=1S/C19H20N4O2S/c1-12-3-5-14(6-4-12)10-23-8-7-15-17(11-23)26-19(20-15)21-18(24)16-9-13(2)25-22-16/h3-6,9H,7-8,10-11H2,1-2H3,(H,20,21,24). The van der Waals surface area contributed by atoms with E-state index in [1.54, 1.807) is 13.0 Å². The van der Waals surface area contributed by atoms with Crippen LogP contribution in [0.3, 0.4) is 0 Å². The summed E-state index contributed by atoms with van der Waals surface area (Å²) in [6.45, 7) is 6.62. The minimum absolute atomic E-state index is 0.275. The van der Waals surface area contributed by atoms with Gasteiger partial charge in [0.15, 0.2) is 10.8 Å². The van der Waals surface area contributed by atoms with Crippen LogP contribution in [0.5, 0.6) is 0 Å². The van der Waals surface area contributed by atoms with E-state index in [-0.39, 0.29) is 11.6 Å². The molecule has 0 saturated heterocycles. The quantitative estimate of drug-likeness (QED) is 0.762. The molecule has 0 saturated carbocycles. The molecule has 6 nitrogen and oxygen atoms in total. The molecule has 0 radical (unpaired) electrons. The van der Waals surface area contributed by atoms with Gasteiger partial charge in [-0.15, -0.1) is 11.3 Å². The maximum absolute atomic E-state index is 12.2. The SMILES string of the molecule is Cc1ccc(CN2CCc3nc(NC(=O)c4cc(C)on4)sc3C2)cc1. The fourth-order valence-corrected chi connectivity index (χ4v) is 4.07. The highest BCUT2D eigenvalue weighted by Crippen LogP contribution is 2.29. The molecule has 1 aliphatic rings. The van der Waals surface area contributed by atoms with Crippen molar-refractivity contribution in [3.8, 4) is 0 Å². The van der Waals surface area contributed by atoms with Crippen LogP contribution in [0.25, 0.3) is 0 Å². The van der Waals surface area contributed by atoms with Crippen molar-refractivity contribution in [2.45, 2.75) is 33.4 Å². The average molecular weight is 368 g/mol. The van der Waals surface area contributed by atoms with E-state index >= 15 is 0 Å². The van der Waals surface area contributed by atoms with Gasteiger partial charge in [-0.3, -0.25) is 15.0 Å². The van der Waals surface area contributed by atoms with Gasteiger partial charge in [0.2, 0.25) is 0 Å². The Morgan fingerprint density at radius 1 is 1.31 bits per heavy atom. The lowest BCUT2D eigenvalue weighted by Crippen LogP contribution is -2.29. The second-order valence-corrected chi connectivity index (χ2v) is 7.70. The number of nitrogens with zero attached hydrogens (tertiary/aromatic N) is 3. The molecule has 3 heterocycles. The van der Waals surface area contributed by atoms with Crippen molar-refractivity contribution < 1.29 is 9.32 Å². The molecule has 1 aliphatic heterocycles. The Morgan fingerprint density at radius 3 is 2.85 bits per heavy atom. The van der Waals surface area contributed by atoms with E-state index in [1.807, 2.05) is 0 Å². The number of nitrogens with one attached hydrogen (secondary N) is 1. The summed E-state index contributed by atoms with van der Waals surface area (Å²) in [7, 11) is 0. The molecule has 3 aromatic rings. The zero-order valence-corrected chi connectivity index (χ0v) is 15.6. The summed E-state index contributed by atoms with van der Waals surface area (Å²) < 4.78 is 4.95. The lowest BCUT2D eigenvalue weighted by Gasteiger charge is -2.25. The Labute approximate surface area is 155 Å². The molecule has 0 spiro atoms. The van der Waals surface area contributed by atoms with Crippen molar-refractivity contribution in [3.63, 3.8) is 0 Å². The molecule has 2 aromatic heterocycles. The van der Waals surface area contributed by atoms with Gasteiger partial charge in [0.1, 0.15) is 5.76 Å². The van der Waals surface area contributed by atoms with Gasteiger partial charge >= 0.3 is 0 Å². The third-order valence-electron chi connectivity index (χ3n) is 4.42. The third-order valence-corrected chi connectivity index (χ3v) is 5.42. The van der Waals surface area contributed by atoms with Gasteiger partial charge in [0.25, 0.3) is 5.91 Å². The predicted molar refractivity (Wildman–Crippen MR) is 100 cm³/mol. The van der Waals surface area contributed by atoms with Gasteiger partial charge in [-0.2, -0.15) is 0 Å². The number of amides is 1. The number of carbonyl (C=O) groups is 1. The second-order valence-electron chi connectivity index (χ2n) is 6.61. The minimum Gasteiger partial charge on any atom is -0.361 e. The Balaban J connectivity index is 1.42. The molecule has 1 aromatic carbocycles. The van der Waals surface area contributed by atoms with Crippen molar-refractivity contribution in [2.24, 2.45) is 0 Å². The van der Waals surface area contributed by atoms with Crippen LogP contribution in [-0.4, -0.2) is 27.5 Å². The second kappa shape index (κ2) is 7.01. The monoisotopic (exact) mass is 368 g/mol. The number of thiazole rings is 1. The summed E-state index contributed by atoms with van der Waals surface area (Å²) in [5.41, 5.74) is 3.96. The van der Waals surface area contributed by atoms with Gasteiger partial charge in [0.05, 0.1) is 5.69 Å². The lowest BCUT2D eigenvalue weighted by molar-refractivity contribution is 0.101. The number of hydrogen-bond acceptors (Lipinski definition) is 6. The van der Waals surface area contributed by atoms with E-state index in [0.717, 1.165) is 31.7 Å². The van der Waals surface area contributed by atoms with Crippen molar-refractivity contribution in [1.29, 1.82) is 0 Å². The van der Waals surface area contributed by atoms with E-state index in [2.05, 4.69) is 51.5 Å². The molecule has 4 rings (SSSR count). The molecule has 134 valence electrons. The molecule has 0 unspecified atom stereocenters. The highest BCUT2D eigenvalue weighted by Gasteiger charge is 2.22. The van der Waals surface area contributed by atoms with Crippen LogP contribution in [0.4, 0.5) is 5.13 Å². The van der Waals surface area contributed by atoms with Crippen molar-refractivity contribution in [2.75, 3.05) is 11.9 Å². The summed E-state index contributed by atoms with van der Waals surface area (Å²) in [5.74, 6) is 0.324. The zero-order chi connectivity index (χ0) is 18.1. The van der Waals surface area contributed by atoms with Crippen LogP contribution >= 0.6 is 11.3 Å². The average Bonchev–Trinajstić information content (AvgIpc) is 3.22. The highest BCUT2D eigenvalue weighted by molar-refractivity contribution is 7.15. The van der Waals surface area contributed by atoms with E-state index < -0.39 is 0 Å². The lowest BCUT2D eigenvalue weighted by atomic mass is 10.1. The van der Waals surface area contributed by atoms with E-state index in [0.29, 0.717) is 10.9 Å². The zero-order valence-electron chi connectivity index (χ0n) is 14.8. The fourth-order valence-electron chi connectivity index (χ4n) is 3.02. The molecule has 0 aliphatic carbocycles. The summed E-state index contributed by atoms with van der Waals surface area (Å²) in [6, 6.07) is 10.3. The summed E-state index contributed by atoms with van der Waals surface area (Å²) in [5, 5.41) is 7.19. The predicted octanol–water partition coefficient (Wildman–Crippen LogP) is 3.56. The number of hydrogen-bond donors (Lipinski definition) is 1. The van der Waals surface area contributed by atoms with Gasteiger partial charge in [-0.1, -0.05) is 35.0 Å². The van der Waals surface area contributed by atoms with Crippen molar-refractivity contribution in [3.05, 3.63) is 63.5 Å². The summed E-state index contributed by atoms with van der Waals surface area (Å²) in [4.78, 5) is 20.4. The molecule has 26 heavy (non-hydrogen) atoms. The first-order valence-corrected chi connectivity index (χ1v) is 9.39. The molecule has 0 fully saturated rings. The largest absolute Gasteiger partial charge is 0.361 e. The normalized spacial score (nSPS) is 14.2. The molecular weight excluding hydrogens is 348 g/mol. The summed E-state index contributed by atoms with van der Waals surface area (Å²) >= 11 is 1.54. The number of benzene rings is 1. The first-order chi connectivity index (χ1) is 12.6. The highest BCUT2D eigenvalue weighted by atomic mass is 32.1. The Bertz CT molecular complexity index is 929. The van der Waals surface area contributed by atoms with Gasteiger partial charge in [0, 0.05) is 37.0 Å². The topological polar surface area (TPSA) is 71.3 Å². The molecule has 0 atom stereocenters. The third kappa shape index (κ3) is 3.68. The van der Waals surface area contributed by atoms with Crippen LogP contribution in [-0.2, 0) is 19.5 Å². The first-order valence-electron chi connectivity index (χ1n) is 8.58. The molecule has 1 N–H and O–H groups in total. The van der Waals surface area contributed by atoms with Crippen molar-refractivity contribution >= 4 is 22.4 Å². The Morgan fingerprint density at radius 2 is 2.12 bits per heavy atom. The molecule has 1 amide bonds. The van der Waals surface area contributed by atoms with Crippen molar-refractivity contribution in [1.82, 2.24) is 15.0 Å². The molecular formula is C19H20N4O2S. The van der Waals surface area contributed by atoms with Crippen LogP contribution < -0.4 is 5.32 Å². The number of carbonyl (C=O) groups excluding carboxylic acids is 1. The van der Waals surface area contributed by atoms with Crippen LogP contribution in [0.15, 0.2) is 34.9 Å². The van der Waals surface area contributed by atoms with E-state index in [9.17, 15) is 4.79 Å². The van der Waals surface area contributed by atoms with E-state index in [1.165, 1.54) is 27.3 Å². The maximum Gasteiger partial charge on any atom is 0.279 e. The number of anilines is 1. The van der Waals surface area contributed by atoms with Gasteiger partial charge < -0.3 is 4.52 Å². The Hall–Kier alpha value is -2.51. The fraction of sp³-hybridized carbons (Fsp3) is 0.316. The Kier molecular flexibility index (Phi) is 4.57. The van der Waals surface area contributed by atoms with Crippen LogP contribution in [0, 0.1) is 13.8 Å². The minimum atomic E-state index is -0.288. The van der Waals surface area contributed by atoms with Crippen LogP contribution in [0.1, 0.15) is 37.9 Å². The van der Waals surface area contributed by atoms with E-state index in [4.69, 9.17) is 4.52 Å². The van der Waals surface area contributed by atoms with Gasteiger partial charge in [-0.05, 0) is 19.4 Å². The van der Waals surface area contributed by atoms with Crippen LogP contribution in [0.2, 0.25) is 0 Å². The molecule has 7 heteroatoms. The number of aromatic nitrogens is 2. The summed E-state index contributed by atoms with van der Waals surface area (Å²) in [6.07, 6.45) is 0.899. The number of rotatable bonds is 4. The number of fused-ring (bicyclic) bond motifs is 1. The first kappa shape index (κ1) is 16.9. The maximum atomic E-state index is 12.2. The smallest absolute Gasteiger partial charge is 0.279 e. The molecule has 0 bridgehead atoms.